The molecule has 23 heavy (non-hydrogen) atoms. The molecule has 126 valence electrons. The lowest BCUT2D eigenvalue weighted by Crippen LogP contribution is -2.38. The molecule has 1 saturated heterocycles. The lowest BCUT2D eigenvalue weighted by Gasteiger charge is -2.26. The van der Waals surface area contributed by atoms with Gasteiger partial charge in [-0.05, 0) is 37.0 Å². The number of nitrogens with one attached hydrogen (secondary N) is 1. The molecule has 1 aromatic rings. The number of nitrogens with two attached hydrogens (primary N) is 1. The fourth-order valence-corrected chi connectivity index (χ4v) is 3.15. The average Bonchev–Trinajstić information content (AvgIpc) is 2.93. The highest BCUT2D eigenvalue weighted by Crippen LogP contribution is 2.23. The standard InChI is InChI=1S/C18H27N3O2/c1-3-16(4-2)21-12-14(11-17(21)22)18(23)20-10-9-13-5-7-15(19)8-6-13/h5-8,14,16H,3-4,9-12,19H2,1-2H3,(H,20,23). The van der Waals surface area contributed by atoms with Crippen molar-refractivity contribution in [3.8, 4) is 0 Å². The molecule has 1 fully saturated rings. The fraction of sp³-hybridized carbons (Fsp3) is 0.556. The molecule has 0 aromatic heterocycles. The van der Waals surface area contributed by atoms with Crippen molar-refractivity contribution < 1.29 is 9.59 Å². The monoisotopic (exact) mass is 317 g/mol. The summed E-state index contributed by atoms with van der Waals surface area (Å²) in [5, 5.41) is 2.95. The molecule has 3 N–H and O–H groups in total. The number of amides is 2. The zero-order valence-electron chi connectivity index (χ0n) is 14.0. The van der Waals surface area contributed by atoms with Crippen LogP contribution in [-0.4, -0.2) is 35.8 Å². The number of carbonyl (C=O) groups excluding carboxylic acids is 2. The van der Waals surface area contributed by atoms with Gasteiger partial charge in [-0.1, -0.05) is 26.0 Å². The average molecular weight is 317 g/mol. The number of nitrogens with zero attached hydrogens (tertiary/aromatic N) is 1. The molecule has 1 aromatic carbocycles. The molecule has 2 amide bonds. The maximum absolute atomic E-state index is 12.3. The number of carbonyl (C=O) groups is 2. The third-order valence-electron chi connectivity index (χ3n) is 4.61. The summed E-state index contributed by atoms with van der Waals surface area (Å²) >= 11 is 0. The summed E-state index contributed by atoms with van der Waals surface area (Å²) in [6.07, 6.45) is 2.98. The Labute approximate surface area is 138 Å². The van der Waals surface area contributed by atoms with Crippen molar-refractivity contribution in [1.82, 2.24) is 10.2 Å². The van der Waals surface area contributed by atoms with Crippen LogP contribution in [0.3, 0.4) is 0 Å². The summed E-state index contributed by atoms with van der Waals surface area (Å²) in [6, 6.07) is 7.92. The molecular formula is C18H27N3O2. The van der Waals surface area contributed by atoms with Crippen LogP contribution in [0.5, 0.6) is 0 Å². The van der Waals surface area contributed by atoms with Crippen molar-refractivity contribution in [3.05, 3.63) is 29.8 Å². The van der Waals surface area contributed by atoms with E-state index in [1.54, 1.807) is 0 Å². The van der Waals surface area contributed by atoms with Gasteiger partial charge in [0.25, 0.3) is 0 Å². The van der Waals surface area contributed by atoms with Gasteiger partial charge in [-0.2, -0.15) is 0 Å². The predicted octanol–water partition coefficient (Wildman–Crippen LogP) is 1.96. The third kappa shape index (κ3) is 4.47. The third-order valence-corrected chi connectivity index (χ3v) is 4.61. The topological polar surface area (TPSA) is 75.4 Å². The number of likely N-dealkylation sites (tertiary alicyclic amines) is 1. The maximum atomic E-state index is 12.3. The number of hydrogen-bond donors (Lipinski definition) is 2. The first kappa shape index (κ1) is 17.3. The number of benzene rings is 1. The van der Waals surface area contributed by atoms with Crippen molar-refractivity contribution in [2.24, 2.45) is 5.92 Å². The Hall–Kier alpha value is -2.04. The van der Waals surface area contributed by atoms with Crippen LogP contribution in [-0.2, 0) is 16.0 Å². The zero-order chi connectivity index (χ0) is 16.8. The van der Waals surface area contributed by atoms with Crippen LogP contribution in [0.25, 0.3) is 0 Å². The minimum Gasteiger partial charge on any atom is -0.399 e. The molecule has 5 nitrogen and oxygen atoms in total. The van der Waals surface area contributed by atoms with Crippen molar-refractivity contribution in [2.45, 2.75) is 45.6 Å². The normalized spacial score (nSPS) is 17.8. The molecule has 2 rings (SSSR count). The van der Waals surface area contributed by atoms with Crippen molar-refractivity contribution in [1.29, 1.82) is 0 Å². The van der Waals surface area contributed by atoms with Gasteiger partial charge in [-0.3, -0.25) is 9.59 Å². The number of hydrogen-bond acceptors (Lipinski definition) is 3. The highest BCUT2D eigenvalue weighted by molar-refractivity contribution is 5.89. The second kappa shape index (κ2) is 7.99. The fourth-order valence-electron chi connectivity index (χ4n) is 3.15. The molecule has 0 aliphatic carbocycles. The van der Waals surface area contributed by atoms with Crippen LogP contribution in [0.1, 0.15) is 38.7 Å². The first-order chi connectivity index (χ1) is 11.0. The molecule has 1 heterocycles. The van der Waals surface area contributed by atoms with E-state index in [2.05, 4.69) is 19.2 Å². The molecule has 1 aliphatic rings. The molecule has 0 radical (unpaired) electrons. The van der Waals surface area contributed by atoms with Gasteiger partial charge in [0, 0.05) is 31.2 Å². The molecule has 1 aliphatic heterocycles. The van der Waals surface area contributed by atoms with Crippen molar-refractivity contribution in [2.75, 3.05) is 18.8 Å². The van der Waals surface area contributed by atoms with Crippen LogP contribution in [0.4, 0.5) is 5.69 Å². The summed E-state index contributed by atoms with van der Waals surface area (Å²) < 4.78 is 0. The Morgan fingerprint density at radius 1 is 1.30 bits per heavy atom. The van der Waals surface area contributed by atoms with E-state index in [1.807, 2.05) is 29.2 Å². The summed E-state index contributed by atoms with van der Waals surface area (Å²) in [6.45, 7) is 5.31. The summed E-state index contributed by atoms with van der Waals surface area (Å²) in [4.78, 5) is 26.3. The first-order valence-electron chi connectivity index (χ1n) is 8.46. The minimum atomic E-state index is -0.213. The van der Waals surface area contributed by atoms with Gasteiger partial charge in [-0.15, -0.1) is 0 Å². The van der Waals surface area contributed by atoms with E-state index in [9.17, 15) is 9.59 Å². The van der Waals surface area contributed by atoms with Crippen LogP contribution in [0.15, 0.2) is 24.3 Å². The minimum absolute atomic E-state index is 0.0118. The second-order valence-corrected chi connectivity index (χ2v) is 6.20. The van der Waals surface area contributed by atoms with Crippen LogP contribution in [0, 0.1) is 5.92 Å². The summed E-state index contributed by atoms with van der Waals surface area (Å²) in [5.41, 5.74) is 7.53. The molecule has 1 atom stereocenters. The Kier molecular flexibility index (Phi) is 6.02. The molecule has 0 bridgehead atoms. The molecule has 0 spiro atoms. The van der Waals surface area contributed by atoms with E-state index in [0.717, 1.165) is 30.5 Å². The number of rotatable bonds is 7. The Morgan fingerprint density at radius 2 is 1.96 bits per heavy atom. The quantitative estimate of drug-likeness (QED) is 0.755. The van der Waals surface area contributed by atoms with Gasteiger partial charge in [0.05, 0.1) is 5.92 Å². The second-order valence-electron chi connectivity index (χ2n) is 6.20. The number of nitrogen functional groups attached to an aromatic ring is 1. The SMILES string of the molecule is CCC(CC)N1CC(C(=O)NCCc2ccc(N)cc2)CC1=O. The maximum Gasteiger partial charge on any atom is 0.225 e. The zero-order valence-corrected chi connectivity index (χ0v) is 14.0. The lowest BCUT2D eigenvalue weighted by molar-refractivity contribution is -0.130. The van der Waals surface area contributed by atoms with Crippen molar-refractivity contribution in [3.63, 3.8) is 0 Å². The van der Waals surface area contributed by atoms with Crippen LogP contribution in [0.2, 0.25) is 0 Å². The smallest absolute Gasteiger partial charge is 0.225 e. The first-order valence-corrected chi connectivity index (χ1v) is 8.46. The molecule has 1 unspecified atom stereocenters. The molecule has 5 heteroatoms. The van der Waals surface area contributed by atoms with Crippen LogP contribution >= 0.6 is 0 Å². The van der Waals surface area contributed by atoms with Gasteiger partial charge >= 0.3 is 0 Å². The highest BCUT2D eigenvalue weighted by Gasteiger charge is 2.36. The van der Waals surface area contributed by atoms with E-state index in [-0.39, 0.29) is 23.8 Å². The molecular weight excluding hydrogens is 290 g/mol. The Bertz CT molecular complexity index is 538. The van der Waals surface area contributed by atoms with Gasteiger partial charge in [0.1, 0.15) is 0 Å². The van der Waals surface area contributed by atoms with E-state index in [0.29, 0.717) is 19.5 Å². The van der Waals surface area contributed by atoms with Gasteiger partial charge < -0.3 is 16.0 Å². The highest BCUT2D eigenvalue weighted by atomic mass is 16.2. The summed E-state index contributed by atoms with van der Waals surface area (Å²) in [7, 11) is 0. The van der Waals surface area contributed by atoms with E-state index in [1.165, 1.54) is 0 Å². The van der Waals surface area contributed by atoms with Gasteiger partial charge in [0.15, 0.2) is 0 Å². The van der Waals surface area contributed by atoms with Gasteiger partial charge in [0.2, 0.25) is 11.8 Å². The lowest BCUT2D eigenvalue weighted by atomic mass is 10.1. The van der Waals surface area contributed by atoms with Crippen molar-refractivity contribution >= 4 is 17.5 Å². The number of anilines is 1. The van der Waals surface area contributed by atoms with E-state index in [4.69, 9.17) is 5.73 Å². The Balaban J connectivity index is 1.80. The van der Waals surface area contributed by atoms with Gasteiger partial charge in [-0.25, -0.2) is 0 Å². The summed E-state index contributed by atoms with van der Waals surface area (Å²) in [5.74, 6) is -0.117. The van der Waals surface area contributed by atoms with E-state index < -0.39 is 0 Å². The largest absolute Gasteiger partial charge is 0.399 e. The molecule has 0 saturated carbocycles. The van der Waals surface area contributed by atoms with Crippen LogP contribution < -0.4 is 11.1 Å². The Morgan fingerprint density at radius 3 is 2.57 bits per heavy atom. The van der Waals surface area contributed by atoms with E-state index >= 15 is 0 Å². The predicted molar refractivity (Wildman–Crippen MR) is 91.8 cm³/mol.